The monoisotopic (exact) mass is 474 g/mol. The summed E-state index contributed by atoms with van der Waals surface area (Å²) in [6, 6.07) is 0. The highest BCUT2D eigenvalue weighted by atomic mass is 127. The van der Waals surface area contributed by atoms with E-state index in [1.54, 1.807) is 4.90 Å². The van der Waals surface area contributed by atoms with E-state index in [1.807, 2.05) is 0 Å². The Morgan fingerprint density at radius 1 is 1.19 bits per heavy atom. The van der Waals surface area contributed by atoms with Crippen LogP contribution < -0.4 is 24.0 Å². The fraction of sp³-hybridized carbons (Fsp3) is 0.714. The van der Waals surface area contributed by atoms with E-state index in [4.69, 9.17) is 0 Å². The van der Waals surface area contributed by atoms with Crippen LogP contribution in [-0.2, 0) is 9.59 Å². The third kappa shape index (κ3) is 5.41. The molecule has 0 radical (unpaired) electrons. The average Bonchev–Trinajstić information content (AvgIpc) is 2.83. The Morgan fingerprint density at radius 2 is 1.81 bits per heavy atom. The van der Waals surface area contributed by atoms with E-state index < -0.39 is 0 Å². The summed E-state index contributed by atoms with van der Waals surface area (Å²) in [6.07, 6.45) is 8.01. The van der Waals surface area contributed by atoms with Gasteiger partial charge in [-0.25, -0.2) is 0 Å². The molecular weight excluding hydrogens is 439 g/mol. The summed E-state index contributed by atoms with van der Waals surface area (Å²) in [4.78, 5) is 27.1. The van der Waals surface area contributed by atoms with Crippen LogP contribution in [0, 0.1) is 11.8 Å². The van der Waals surface area contributed by atoms with Crippen molar-refractivity contribution in [2.24, 2.45) is 11.8 Å². The van der Waals surface area contributed by atoms with Gasteiger partial charge in [0.25, 0.3) is 0 Å². The van der Waals surface area contributed by atoms with Crippen LogP contribution in [0.2, 0.25) is 0 Å². The summed E-state index contributed by atoms with van der Waals surface area (Å²) >= 11 is 0. The predicted octanol–water partition coefficient (Wildman–Crippen LogP) is 0.545. The summed E-state index contributed by atoms with van der Waals surface area (Å²) in [5.74, 6) is -0.0853. The number of rotatable bonds is 8. The molecule has 1 fully saturated rings. The molecule has 2 unspecified atom stereocenters. The number of hydrogen-bond acceptors (Lipinski definition) is 2. The van der Waals surface area contributed by atoms with E-state index in [1.165, 1.54) is 11.1 Å². The number of carbonyl (C=O) groups is 2. The number of amides is 2. The minimum absolute atomic E-state index is 0. The molecular formula is C21H35IN2O2. The van der Waals surface area contributed by atoms with Gasteiger partial charge in [-0.15, -0.1) is 0 Å². The van der Waals surface area contributed by atoms with Gasteiger partial charge in [0.15, 0.2) is 0 Å². The van der Waals surface area contributed by atoms with Gasteiger partial charge in [0.05, 0.1) is 45.1 Å². The minimum Gasteiger partial charge on any atom is -1.00 e. The van der Waals surface area contributed by atoms with Crippen LogP contribution in [0.4, 0.5) is 0 Å². The predicted molar refractivity (Wildman–Crippen MR) is 102 cm³/mol. The van der Waals surface area contributed by atoms with Gasteiger partial charge in [-0.2, -0.15) is 0 Å². The van der Waals surface area contributed by atoms with Gasteiger partial charge in [-0.3, -0.25) is 14.5 Å². The highest BCUT2D eigenvalue weighted by molar-refractivity contribution is 6.05. The first-order valence-corrected chi connectivity index (χ1v) is 9.81. The molecule has 1 heterocycles. The molecule has 5 heteroatoms. The van der Waals surface area contributed by atoms with Gasteiger partial charge in [-0.1, -0.05) is 23.3 Å². The third-order valence-corrected chi connectivity index (χ3v) is 6.20. The lowest BCUT2D eigenvalue weighted by Gasteiger charge is -2.33. The zero-order chi connectivity index (χ0) is 18.6. The normalized spacial score (nSPS) is 22.7. The van der Waals surface area contributed by atoms with Gasteiger partial charge in [0.2, 0.25) is 11.8 Å². The first-order chi connectivity index (χ1) is 11.8. The minimum atomic E-state index is -0.110. The molecule has 0 spiro atoms. The van der Waals surface area contributed by atoms with Crippen molar-refractivity contribution in [1.82, 2.24) is 4.90 Å². The van der Waals surface area contributed by atoms with Crippen LogP contribution in [0.1, 0.15) is 53.4 Å². The summed E-state index contributed by atoms with van der Waals surface area (Å²) < 4.78 is 0.901. The number of hydrogen-bond donors (Lipinski definition) is 0. The zero-order valence-corrected chi connectivity index (χ0v) is 19.2. The number of likely N-dealkylation sites (N-methyl/N-ethyl adjacent to an activating group) is 1. The Balaban J connectivity index is 0.00000338. The maximum atomic E-state index is 12.8. The van der Waals surface area contributed by atoms with Crippen molar-refractivity contribution >= 4 is 11.8 Å². The number of carbonyl (C=O) groups excluding carboxylic acids is 2. The Bertz CT molecular complexity index is 575. The fourth-order valence-corrected chi connectivity index (χ4v) is 3.86. The van der Waals surface area contributed by atoms with Gasteiger partial charge in [0.1, 0.15) is 0 Å². The molecule has 0 aromatic carbocycles. The molecule has 0 N–H and O–H groups in total. The Kier molecular flexibility index (Phi) is 9.00. The number of nitrogens with zero attached hydrogens (tertiary/aromatic N) is 2. The Morgan fingerprint density at radius 3 is 2.38 bits per heavy atom. The second-order valence-corrected chi connectivity index (χ2v) is 8.14. The van der Waals surface area contributed by atoms with Crippen LogP contribution in [0.3, 0.4) is 0 Å². The standard InChI is InChI=1S/C21H35N2O2.HI/c1-6-23(5,7-2)14-13-22-20(24)18-12-11-17(10-8-9-16(3)4)15-19(18)21(22)25;/h9,11,18-19H,6-8,10,12-15H2,1-5H3;1H/q+1;/p-1. The smallest absolute Gasteiger partial charge is 0.233 e. The van der Waals surface area contributed by atoms with Gasteiger partial charge < -0.3 is 28.5 Å². The molecule has 0 aromatic rings. The molecule has 0 saturated carbocycles. The summed E-state index contributed by atoms with van der Waals surface area (Å²) in [5.41, 5.74) is 2.69. The number of quaternary nitrogens is 1. The van der Waals surface area contributed by atoms with Crippen molar-refractivity contribution in [1.29, 1.82) is 0 Å². The number of likely N-dealkylation sites (tertiary alicyclic amines) is 1. The van der Waals surface area contributed by atoms with E-state index in [-0.39, 0.29) is 47.6 Å². The van der Waals surface area contributed by atoms with Crippen molar-refractivity contribution in [2.75, 3.05) is 33.2 Å². The maximum Gasteiger partial charge on any atom is 0.233 e. The molecule has 0 bridgehead atoms. The van der Waals surface area contributed by atoms with Crippen LogP contribution >= 0.6 is 0 Å². The van der Waals surface area contributed by atoms with E-state index in [2.05, 4.69) is 46.9 Å². The number of halogens is 1. The van der Waals surface area contributed by atoms with Gasteiger partial charge >= 0.3 is 0 Å². The van der Waals surface area contributed by atoms with Crippen molar-refractivity contribution in [3.05, 3.63) is 23.3 Å². The molecule has 1 saturated heterocycles. The van der Waals surface area contributed by atoms with E-state index in [9.17, 15) is 9.59 Å². The second-order valence-electron chi connectivity index (χ2n) is 8.14. The molecule has 0 aromatic heterocycles. The van der Waals surface area contributed by atoms with Crippen LogP contribution in [0.5, 0.6) is 0 Å². The van der Waals surface area contributed by atoms with Crippen molar-refractivity contribution in [3.63, 3.8) is 0 Å². The highest BCUT2D eigenvalue weighted by Gasteiger charge is 2.48. The van der Waals surface area contributed by atoms with Crippen LogP contribution in [-0.4, -0.2) is 54.4 Å². The van der Waals surface area contributed by atoms with E-state index >= 15 is 0 Å². The molecule has 148 valence electrons. The summed E-state index contributed by atoms with van der Waals surface area (Å²) in [5, 5.41) is 0. The van der Waals surface area contributed by atoms with Crippen LogP contribution in [0.25, 0.3) is 0 Å². The zero-order valence-electron chi connectivity index (χ0n) is 17.1. The SMILES string of the molecule is CC[N+](C)(CC)CCN1C(=O)C2CC=C(CCC=C(C)C)CC2C1=O.[I-]. The summed E-state index contributed by atoms with van der Waals surface area (Å²) in [6.45, 7) is 12.0. The molecule has 2 aliphatic rings. The Hall–Kier alpha value is -0.690. The maximum absolute atomic E-state index is 12.8. The average molecular weight is 474 g/mol. The highest BCUT2D eigenvalue weighted by Crippen LogP contribution is 2.39. The van der Waals surface area contributed by atoms with Crippen molar-refractivity contribution in [3.8, 4) is 0 Å². The molecule has 4 nitrogen and oxygen atoms in total. The first kappa shape index (κ1) is 23.3. The third-order valence-electron chi connectivity index (χ3n) is 6.20. The molecule has 2 rings (SSSR count). The number of fused-ring (bicyclic) bond motifs is 1. The quantitative estimate of drug-likeness (QED) is 0.223. The first-order valence-electron chi connectivity index (χ1n) is 9.81. The van der Waals surface area contributed by atoms with Gasteiger partial charge in [0, 0.05) is 0 Å². The van der Waals surface area contributed by atoms with E-state index in [0.29, 0.717) is 6.54 Å². The van der Waals surface area contributed by atoms with Crippen LogP contribution in [0.15, 0.2) is 23.3 Å². The molecule has 2 atom stereocenters. The fourth-order valence-electron chi connectivity index (χ4n) is 3.86. The Labute approximate surface area is 176 Å². The lowest BCUT2D eigenvalue weighted by Crippen LogP contribution is -3.00. The number of allylic oxidation sites excluding steroid dienone is 4. The molecule has 26 heavy (non-hydrogen) atoms. The number of imide groups is 1. The second kappa shape index (κ2) is 10.0. The molecule has 2 amide bonds. The largest absolute Gasteiger partial charge is 1.00 e. The van der Waals surface area contributed by atoms with Crippen molar-refractivity contribution in [2.45, 2.75) is 53.4 Å². The van der Waals surface area contributed by atoms with Crippen molar-refractivity contribution < 1.29 is 38.0 Å². The van der Waals surface area contributed by atoms with E-state index in [0.717, 1.165) is 49.8 Å². The lowest BCUT2D eigenvalue weighted by molar-refractivity contribution is -0.905. The lowest BCUT2D eigenvalue weighted by atomic mass is 9.80. The summed E-state index contributed by atoms with van der Waals surface area (Å²) in [7, 11) is 2.20. The topological polar surface area (TPSA) is 37.4 Å². The molecule has 1 aliphatic carbocycles. The van der Waals surface area contributed by atoms with Gasteiger partial charge in [-0.05, 0) is 53.4 Å². The molecule has 1 aliphatic heterocycles.